The lowest BCUT2D eigenvalue weighted by molar-refractivity contribution is 0.302. The van der Waals surface area contributed by atoms with E-state index in [9.17, 15) is 0 Å². The smallest absolute Gasteiger partial charge is 0.156 e. The van der Waals surface area contributed by atoms with Crippen LogP contribution in [0.2, 0.25) is 0 Å². The second kappa shape index (κ2) is 4.79. The third-order valence-corrected chi connectivity index (χ3v) is 2.93. The molecule has 2 rings (SSSR count). The predicted molar refractivity (Wildman–Crippen MR) is 59.6 cm³/mol. The summed E-state index contributed by atoms with van der Waals surface area (Å²) in [5.74, 6) is 1.73. The van der Waals surface area contributed by atoms with E-state index >= 15 is 0 Å². The lowest BCUT2D eigenvalue weighted by Crippen LogP contribution is -2.27. The van der Waals surface area contributed by atoms with Crippen molar-refractivity contribution in [3.05, 3.63) is 17.5 Å². The summed E-state index contributed by atoms with van der Waals surface area (Å²) >= 11 is 0. The lowest BCUT2D eigenvalue weighted by Gasteiger charge is -2.22. The Morgan fingerprint density at radius 2 is 2.40 bits per heavy atom. The minimum Gasteiger partial charge on any atom is -0.359 e. The van der Waals surface area contributed by atoms with E-state index in [1.807, 2.05) is 6.20 Å². The van der Waals surface area contributed by atoms with E-state index in [-0.39, 0.29) is 0 Å². The molecule has 1 N–H and O–H groups in total. The van der Waals surface area contributed by atoms with E-state index in [2.05, 4.69) is 24.3 Å². The van der Waals surface area contributed by atoms with Crippen LogP contribution < -0.4 is 5.32 Å². The average Bonchev–Trinajstić information content (AvgIpc) is 2.66. The van der Waals surface area contributed by atoms with Crippen molar-refractivity contribution in [1.29, 1.82) is 0 Å². The fourth-order valence-electron chi connectivity index (χ4n) is 2.23. The first-order valence-electron chi connectivity index (χ1n) is 5.94. The van der Waals surface area contributed by atoms with Gasteiger partial charge < -0.3 is 9.84 Å². The Bertz CT molecular complexity index is 300. The Morgan fingerprint density at radius 3 is 3.07 bits per heavy atom. The number of rotatable bonds is 3. The number of aromatic nitrogens is 1. The summed E-state index contributed by atoms with van der Waals surface area (Å²) in [4.78, 5) is 0. The van der Waals surface area contributed by atoms with Gasteiger partial charge in [-0.25, -0.2) is 0 Å². The van der Waals surface area contributed by atoms with E-state index in [0.29, 0.717) is 12.0 Å². The van der Waals surface area contributed by atoms with E-state index in [1.54, 1.807) is 0 Å². The zero-order valence-electron chi connectivity index (χ0n) is 9.62. The fraction of sp³-hybridized carbons (Fsp3) is 0.750. The average molecular weight is 208 g/mol. The molecule has 1 unspecified atom stereocenters. The van der Waals surface area contributed by atoms with Crippen LogP contribution in [-0.4, -0.2) is 11.7 Å². The quantitative estimate of drug-likeness (QED) is 0.830. The summed E-state index contributed by atoms with van der Waals surface area (Å²) < 4.78 is 5.39. The molecule has 1 saturated heterocycles. The first-order valence-corrected chi connectivity index (χ1v) is 5.94. The first kappa shape index (κ1) is 10.7. The van der Waals surface area contributed by atoms with Crippen LogP contribution in [0.4, 0.5) is 0 Å². The van der Waals surface area contributed by atoms with Gasteiger partial charge in [-0.05, 0) is 31.7 Å². The molecule has 3 heteroatoms. The third-order valence-electron chi connectivity index (χ3n) is 2.93. The summed E-state index contributed by atoms with van der Waals surface area (Å²) in [7, 11) is 0. The van der Waals surface area contributed by atoms with Gasteiger partial charge in [0.1, 0.15) is 0 Å². The van der Waals surface area contributed by atoms with Crippen LogP contribution in [0.15, 0.2) is 10.7 Å². The van der Waals surface area contributed by atoms with Crippen molar-refractivity contribution >= 4 is 0 Å². The summed E-state index contributed by atoms with van der Waals surface area (Å²) in [6, 6.07) is 0.398. The van der Waals surface area contributed by atoms with Crippen molar-refractivity contribution in [3.63, 3.8) is 0 Å². The van der Waals surface area contributed by atoms with Crippen LogP contribution in [0.25, 0.3) is 0 Å². The first-order chi connectivity index (χ1) is 7.27. The van der Waals surface area contributed by atoms with Crippen LogP contribution in [-0.2, 0) is 6.42 Å². The molecule has 1 fully saturated rings. The molecule has 0 aromatic carbocycles. The Kier molecular flexibility index (Phi) is 3.41. The lowest BCUT2D eigenvalue weighted by atomic mass is 9.96. The zero-order valence-corrected chi connectivity index (χ0v) is 9.62. The standard InChI is InChI=1S/C12H20N2O/c1-9(2)7-10-8-14-15-12(10)11-5-3-4-6-13-11/h8-9,11,13H,3-7H2,1-2H3. The van der Waals surface area contributed by atoms with Gasteiger partial charge in [-0.2, -0.15) is 0 Å². The van der Waals surface area contributed by atoms with Crippen LogP contribution >= 0.6 is 0 Å². The van der Waals surface area contributed by atoms with Gasteiger partial charge in [0, 0.05) is 5.56 Å². The second-order valence-corrected chi connectivity index (χ2v) is 4.82. The third kappa shape index (κ3) is 2.59. The predicted octanol–water partition coefficient (Wildman–Crippen LogP) is 2.69. The molecule has 1 atom stereocenters. The molecule has 84 valence electrons. The molecule has 0 saturated carbocycles. The molecule has 1 aliphatic rings. The highest BCUT2D eigenvalue weighted by atomic mass is 16.5. The van der Waals surface area contributed by atoms with E-state index in [1.165, 1.54) is 24.8 Å². The van der Waals surface area contributed by atoms with Gasteiger partial charge in [0.15, 0.2) is 5.76 Å². The molecular weight excluding hydrogens is 188 g/mol. The van der Waals surface area contributed by atoms with Crippen molar-refractivity contribution in [2.75, 3.05) is 6.54 Å². The number of piperidine rings is 1. The van der Waals surface area contributed by atoms with Gasteiger partial charge in [-0.1, -0.05) is 25.4 Å². The van der Waals surface area contributed by atoms with Crippen molar-refractivity contribution in [2.24, 2.45) is 5.92 Å². The van der Waals surface area contributed by atoms with Crippen LogP contribution in [0.5, 0.6) is 0 Å². The number of hydrogen-bond acceptors (Lipinski definition) is 3. The topological polar surface area (TPSA) is 38.1 Å². The molecule has 1 aromatic rings. The summed E-state index contributed by atoms with van der Waals surface area (Å²) in [6.07, 6.45) is 6.70. The number of nitrogens with zero attached hydrogens (tertiary/aromatic N) is 1. The van der Waals surface area contributed by atoms with Gasteiger partial charge in [0.2, 0.25) is 0 Å². The molecule has 1 aromatic heterocycles. The van der Waals surface area contributed by atoms with E-state index < -0.39 is 0 Å². The monoisotopic (exact) mass is 208 g/mol. The minimum absolute atomic E-state index is 0.398. The molecule has 3 nitrogen and oxygen atoms in total. The van der Waals surface area contributed by atoms with E-state index in [0.717, 1.165) is 18.7 Å². The highest BCUT2D eigenvalue weighted by Crippen LogP contribution is 2.26. The van der Waals surface area contributed by atoms with Crippen molar-refractivity contribution in [2.45, 2.75) is 45.6 Å². The van der Waals surface area contributed by atoms with Crippen molar-refractivity contribution in [1.82, 2.24) is 10.5 Å². The highest BCUT2D eigenvalue weighted by molar-refractivity contribution is 5.18. The zero-order chi connectivity index (χ0) is 10.7. The van der Waals surface area contributed by atoms with E-state index in [4.69, 9.17) is 4.52 Å². The van der Waals surface area contributed by atoms with Gasteiger partial charge >= 0.3 is 0 Å². The summed E-state index contributed by atoms with van der Waals surface area (Å²) in [5, 5.41) is 7.44. The molecular formula is C12H20N2O. The van der Waals surface area contributed by atoms with Crippen LogP contribution in [0.3, 0.4) is 0 Å². The van der Waals surface area contributed by atoms with Crippen molar-refractivity contribution in [3.8, 4) is 0 Å². The number of nitrogens with one attached hydrogen (secondary N) is 1. The van der Waals surface area contributed by atoms with Crippen LogP contribution in [0, 0.1) is 5.92 Å². The van der Waals surface area contributed by atoms with Gasteiger partial charge in [-0.15, -0.1) is 0 Å². The Morgan fingerprint density at radius 1 is 1.53 bits per heavy atom. The van der Waals surface area contributed by atoms with Crippen LogP contribution in [0.1, 0.15) is 50.5 Å². The maximum atomic E-state index is 5.39. The molecule has 0 amide bonds. The molecule has 2 heterocycles. The highest BCUT2D eigenvalue weighted by Gasteiger charge is 2.22. The SMILES string of the molecule is CC(C)Cc1cnoc1C1CCCCN1. The summed E-state index contributed by atoms with van der Waals surface area (Å²) in [6.45, 7) is 5.56. The minimum atomic E-state index is 0.398. The van der Waals surface area contributed by atoms with Gasteiger partial charge in [-0.3, -0.25) is 0 Å². The maximum Gasteiger partial charge on any atom is 0.156 e. The Hall–Kier alpha value is -0.830. The van der Waals surface area contributed by atoms with Gasteiger partial charge in [0.25, 0.3) is 0 Å². The molecule has 0 spiro atoms. The maximum absolute atomic E-state index is 5.39. The van der Waals surface area contributed by atoms with Gasteiger partial charge in [0.05, 0.1) is 12.2 Å². The Balaban J connectivity index is 2.09. The fourth-order valence-corrected chi connectivity index (χ4v) is 2.23. The summed E-state index contributed by atoms with van der Waals surface area (Å²) in [5.41, 5.74) is 1.28. The second-order valence-electron chi connectivity index (χ2n) is 4.82. The Labute approximate surface area is 91.2 Å². The molecule has 0 aliphatic carbocycles. The molecule has 0 bridgehead atoms. The molecule has 1 aliphatic heterocycles. The van der Waals surface area contributed by atoms with Crippen molar-refractivity contribution < 1.29 is 4.52 Å². The normalized spacial score (nSPS) is 22.2. The largest absolute Gasteiger partial charge is 0.359 e. The molecule has 15 heavy (non-hydrogen) atoms. The number of hydrogen-bond donors (Lipinski definition) is 1. The molecule has 0 radical (unpaired) electrons.